The van der Waals surface area contributed by atoms with Gasteiger partial charge in [-0.3, -0.25) is 13.8 Å². The van der Waals surface area contributed by atoms with E-state index < -0.39 is 32.5 Å². The van der Waals surface area contributed by atoms with Gasteiger partial charge >= 0.3 is 0 Å². The number of carbonyl (C=O) groups is 1. The topological polar surface area (TPSA) is 122 Å². The van der Waals surface area contributed by atoms with Gasteiger partial charge in [-0.2, -0.15) is 0 Å². The number of hydrogen-bond acceptors (Lipinski definition) is 6. The van der Waals surface area contributed by atoms with Gasteiger partial charge in [0.15, 0.2) is 0 Å². The van der Waals surface area contributed by atoms with Crippen molar-refractivity contribution in [3.8, 4) is 5.75 Å². The van der Waals surface area contributed by atoms with E-state index in [0.717, 1.165) is 21.0 Å². The third kappa shape index (κ3) is 6.87. The molecule has 0 aliphatic carbocycles. The van der Waals surface area contributed by atoms with E-state index in [4.69, 9.17) is 4.74 Å². The number of nitrogens with one attached hydrogen (secondary N) is 2. The van der Waals surface area contributed by atoms with Crippen molar-refractivity contribution in [3.63, 3.8) is 0 Å². The fraction of sp³-hybridized carbons (Fsp3) is 0.167. The van der Waals surface area contributed by atoms with Gasteiger partial charge in [-0.25, -0.2) is 16.8 Å². The van der Waals surface area contributed by atoms with Crippen LogP contribution >= 0.6 is 0 Å². The second kappa shape index (κ2) is 12.0. The van der Waals surface area contributed by atoms with Crippen molar-refractivity contribution < 1.29 is 26.4 Å². The number of anilines is 3. The summed E-state index contributed by atoms with van der Waals surface area (Å²) >= 11 is 0. The monoisotopic (exact) mass is 593 g/mol. The Labute approximate surface area is 240 Å². The summed E-state index contributed by atoms with van der Waals surface area (Å²) in [6, 6.07) is 23.7. The molecule has 0 aromatic heterocycles. The van der Waals surface area contributed by atoms with Crippen LogP contribution in [0.2, 0.25) is 0 Å². The van der Waals surface area contributed by atoms with Crippen molar-refractivity contribution >= 4 is 43.0 Å². The zero-order valence-corrected chi connectivity index (χ0v) is 24.7. The van der Waals surface area contributed by atoms with Gasteiger partial charge in [-0.05, 0) is 98.1 Å². The Hall–Kier alpha value is -4.35. The quantitative estimate of drug-likeness (QED) is 0.259. The number of ether oxygens (including phenoxy) is 1. The number of methoxy groups -OCH3 is 1. The van der Waals surface area contributed by atoms with Crippen molar-refractivity contribution in [1.29, 1.82) is 0 Å². The maximum absolute atomic E-state index is 13.7. The lowest BCUT2D eigenvalue weighted by atomic mass is 10.1. The summed E-state index contributed by atoms with van der Waals surface area (Å²) in [5, 5.41) is 2.66. The summed E-state index contributed by atoms with van der Waals surface area (Å²) < 4.78 is 62.1. The Morgan fingerprint density at radius 2 is 1.41 bits per heavy atom. The lowest BCUT2D eigenvalue weighted by molar-refractivity contribution is -0.114. The third-order valence-electron chi connectivity index (χ3n) is 6.43. The summed E-state index contributed by atoms with van der Waals surface area (Å²) in [4.78, 5) is 13.2. The molecular formula is C30H31N3O6S2. The molecule has 0 heterocycles. The molecule has 0 atom stereocenters. The molecule has 0 aliphatic heterocycles. The molecule has 0 bridgehead atoms. The molecule has 4 aromatic carbocycles. The van der Waals surface area contributed by atoms with E-state index in [1.807, 2.05) is 19.9 Å². The fourth-order valence-corrected chi connectivity index (χ4v) is 6.58. The minimum absolute atomic E-state index is 0.00602. The number of nitrogens with zero attached hydrogens (tertiary/aromatic N) is 1. The molecule has 0 spiro atoms. The van der Waals surface area contributed by atoms with Crippen molar-refractivity contribution in [2.75, 3.05) is 28.0 Å². The van der Waals surface area contributed by atoms with Crippen molar-refractivity contribution in [3.05, 3.63) is 108 Å². The second-order valence-electron chi connectivity index (χ2n) is 9.48. The maximum Gasteiger partial charge on any atom is 0.264 e. The lowest BCUT2D eigenvalue weighted by Gasteiger charge is -2.26. The summed E-state index contributed by atoms with van der Waals surface area (Å²) in [5.41, 5.74) is 3.73. The smallest absolute Gasteiger partial charge is 0.264 e. The Kier molecular flexibility index (Phi) is 8.69. The highest BCUT2D eigenvalue weighted by Gasteiger charge is 2.29. The van der Waals surface area contributed by atoms with Crippen LogP contribution in [0.3, 0.4) is 0 Å². The van der Waals surface area contributed by atoms with Gasteiger partial charge in [-0.1, -0.05) is 30.3 Å². The molecule has 4 aromatic rings. The van der Waals surface area contributed by atoms with Gasteiger partial charge in [0, 0.05) is 11.4 Å². The number of amides is 1. The molecule has 0 unspecified atom stereocenters. The molecule has 4 rings (SSSR count). The molecular weight excluding hydrogens is 562 g/mol. The predicted octanol–water partition coefficient (Wildman–Crippen LogP) is 5.26. The van der Waals surface area contributed by atoms with Crippen LogP contribution in [0.5, 0.6) is 5.75 Å². The highest BCUT2D eigenvalue weighted by molar-refractivity contribution is 7.93. The van der Waals surface area contributed by atoms with Crippen LogP contribution in [-0.4, -0.2) is 36.4 Å². The summed E-state index contributed by atoms with van der Waals surface area (Å²) in [5.74, 6) is -0.342. The number of aryl methyl sites for hydroxylation is 3. The van der Waals surface area contributed by atoms with Crippen LogP contribution in [0.1, 0.15) is 16.7 Å². The number of sulfonamides is 2. The average molecular weight is 594 g/mol. The lowest BCUT2D eigenvalue weighted by Crippen LogP contribution is -2.38. The van der Waals surface area contributed by atoms with Gasteiger partial charge in [0.05, 0.1) is 22.6 Å². The highest BCUT2D eigenvalue weighted by atomic mass is 32.2. The van der Waals surface area contributed by atoms with Crippen LogP contribution in [-0.2, 0) is 24.8 Å². The zero-order valence-electron chi connectivity index (χ0n) is 23.1. The zero-order chi connectivity index (χ0) is 29.8. The van der Waals surface area contributed by atoms with E-state index in [9.17, 15) is 21.6 Å². The van der Waals surface area contributed by atoms with Gasteiger partial charge in [0.25, 0.3) is 20.0 Å². The largest absolute Gasteiger partial charge is 0.495 e. The molecule has 0 radical (unpaired) electrons. The van der Waals surface area contributed by atoms with Crippen LogP contribution < -0.4 is 19.1 Å². The first kappa shape index (κ1) is 29.6. The molecule has 2 N–H and O–H groups in total. The van der Waals surface area contributed by atoms with Crippen LogP contribution in [0.25, 0.3) is 0 Å². The van der Waals surface area contributed by atoms with E-state index in [1.54, 1.807) is 55.5 Å². The molecule has 0 aliphatic rings. The Bertz CT molecular complexity index is 1770. The average Bonchev–Trinajstić information content (AvgIpc) is 2.94. The minimum Gasteiger partial charge on any atom is -0.495 e. The number of benzene rings is 4. The molecule has 41 heavy (non-hydrogen) atoms. The number of carbonyl (C=O) groups excluding carboxylic acids is 1. The van der Waals surface area contributed by atoms with Gasteiger partial charge in [-0.15, -0.1) is 0 Å². The Balaban J connectivity index is 1.56. The van der Waals surface area contributed by atoms with Crippen molar-refractivity contribution in [2.45, 2.75) is 30.6 Å². The van der Waals surface area contributed by atoms with E-state index in [0.29, 0.717) is 11.4 Å². The fourth-order valence-electron chi connectivity index (χ4n) is 4.08. The summed E-state index contributed by atoms with van der Waals surface area (Å²) in [6.07, 6.45) is 0. The Morgan fingerprint density at radius 3 is 2.05 bits per heavy atom. The summed E-state index contributed by atoms with van der Waals surface area (Å²) in [7, 11) is -6.59. The predicted molar refractivity (Wildman–Crippen MR) is 161 cm³/mol. The number of hydrogen-bond donors (Lipinski definition) is 2. The molecule has 0 saturated carbocycles. The first-order chi connectivity index (χ1) is 19.4. The van der Waals surface area contributed by atoms with Crippen LogP contribution in [0.4, 0.5) is 17.1 Å². The molecule has 1 amide bonds. The van der Waals surface area contributed by atoms with Crippen LogP contribution in [0.15, 0.2) is 101 Å². The van der Waals surface area contributed by atoms with E-state index in [1.165, 1.54) is 43.5 Å². The molecule has 0 fully saturated rings. The molecule has 11 heteroatoms. The second-order valence-corrected chi connectivity index (χ2v) is 13.0. The maximum atomic E-state index is 13.7. The van der Waals surface area contributed by atoms with E-state index in [-0.39, 0.29) is 21.2 Å². The van der Waals surface area contributed by atoms with E-state index >= 15 is 0 Å². The molecule has 214 valence electrons. The Morgan fingerprint density at radius 1 is 0.756 bits per heavy atom. The van der Waals surface area contributed by atoms with Crippen LogP contribution in [0, 0.1) is 20.8 Å². The van der Waals surface area contributed by atoms with Crippen molar-refractivity contribution in [2.24, 2.45) is 0 Å². The normalized spacial score (nSPS) is 11.5. The van der Waals surface area contributed by atoms with Crippen molar-refractivity contribution in [1.82, 2.24) is 0 Å². The van der Waals surface area contributed by atoms with Gasteiger partial charge < -0.3 is 10.1 Å². The first-order valence-electron chi connectivity index (χ1n) is 12.6. The standard InChI is InChI=1S/C30H31N3O6S2/c1-21-10-17-29(39-4)28(18-21)33(41(37,38)27-8-6-5-7-9-27)20-30(34)31-24-13-15-26(16-14-24)40(35,36)32-25-12-11-22(2)23(3)19-25/h5-19,32H,20H2,1-4H3,(H,31,34). The minimum atomic E-state index is -4.15. The van der Waals surface area contributed by atoms with Gasteiger partial charge in [0.2, 0.25) is 5.91 Å². The molecule has 9 nitrogen and oxygen atoms in total. The van der Waals surface area contributed by atoms with Gasteiger partial charge in [0.1, 0.15) is 12.3 Å². The first-order valence-corrected chi connectivity index (χ1v) is 15.6. The SMILES string of the molecule is COc1ccc(C)cc1N(CC(=O)Nc1ccc(S(=O)(=O)Nc2ccc(C)c(C)c2)cc1)S(=O)(=O)c1ccccc1. The molecule has 0 saturated heterocycles. The third-order valence-corrected chi connectivity index (χ3v) is 9.60. The van der Waals surface area contributed by atoms with E-state index in [2.05, 4.69) is 10.0 Å². The highest BCUT2D eigenvalue weighted by Crippen LogP contribution is 2.33. The number of rotatable bonds is 10. The summed E-state index contributed by atoms with van der Waals surface area (Å²) in [6.45, 7) is 5.09.